The second-order valence-electron chi connectivity index (χ2n) is 7.80. The number of hydrogen-bond donors (Lipinski definition) is 1. The molecular weight excluding hydrogens is 380 g/mol. The topological polar surface area (TPSA) is 75.7 Å². The Balaban J connectivity index is 1.68. The van der Waals surface area contributed by atoms with Crippen molar-refractivity contribution in [3.63, 3.8) is 0 Å². The van der Waals surface area contributed by atoms with Crippen LogP contribution in [-0.2, 0) is 11.3 Å². The number of amides is 2. The van der Waals surface area contributed by atoms with Gasteiger partial charge in [-0.05, 0) is 49.6 Å². The summed E-state index contributed by atoms with van der Waals surface area (Å²) < 4.78 is 11.0. The van der Waals surface area contributed by atoms with Crippen molar-refractivity contribution in [1.29, 1.82) is 0 Å². The van der Waals surface area contributed by atoms with Crippen molar-refractivity contribution in [1.82, 2.24) is 10.2 Å². The number of rotatable bonds is 7. The van der Waals surface area contributed by atoms with Gasteiger partial charge in [-0.2, -0.15) is 0 Å². The van der Waals surface area contributed by atoms with E-state index in [2.05, 4.69) is 5.32 Å². The maximum atomic E-state index is 13.4. The van der Waals surface area contributed by atoms with E-state index in [0.717, 1.165) is 36.8 Å². The molecule has 1 N–H and O–H groups in total. The molecule has 30 heavy (non-hydrogen) atoms. The minimum atomic E-state index is -0.889. The smallest absolute Gasteiger partial charge is 0.290 e. The van der Waals surface area contributed by atoms with Crippen molar-refractivity contribution in [3.05, 3.63) is 83.7 Å². The third kappa shape index (κ3) is 4.48. The number of hydrogen-bond acceptors (Lipinski definition) is 4. The van der Waals surface area contributed by atoms with E-state index in [4.69, 9.17) is 8.83 Å². The van der Waals surface area contributed by atoms with Crippen LogP contribution >= 0.6 is 0 Å². The lowest BCUT2D eigenvalue weighted by Crippen LogP contribution is -2.45. The molecule has 4 rings (SSSR count). The lowest BCUT2D eigenvalue weighted by molar-refractivity contribution is -0.127. The fourth-order valence-corrected chi connectivity index (χ4v) is 3.93. The van der Waals surface area contributed by atoms with Gasteiger partial charge in [0.05, 0.1) is 12.5 Å². The molecule has 1 aromatic carbocycles. The van der Waals surface area contributed by atoms with Crippen LogP contribution in [0.3, 0.4) is 0 Å². The van der Waals surface area contributed by atoms with Crippen LogP contribution in [-0.4, -0.2) is 22.8 Å². The zero-order valence-electron chi connectivity index (χ0n) is 17.0. The van der Waals surface area contributed by atoms with Crippen molar-refractivity contribution in [2.75, 3.05) is 0 Å². The van der Waals surface area contributed by atoms with Crippen LogP contribution in [0.4, 0.5) is 0 Å². The van der Waals surface area contributed by atoms with Crippen molar-refractivity contribution >= 4 is 11.8 Å². The Hall–Kier alpha value is -3.28. The summed E-state index contributed by atoms with van der Waals surface area (Å²) in [6, 6.07) is 13.9. The molecule has 0 bridgehead atoms. The highest BCUT2D eigenvalue weighted by molar-refractivity contribution is 5.95. The molecule has 1 fully saturated rings. The SMILES string of the molecule is Cc1ccc(CN(C(=O)c2ccco2)[C@H](C(=O)NC2CCCC2)c2ccco2)cc1. The van der Waals surface area contributed by atoms with E-state index in [1.807, 2.05) is 31.2 Å². The molecule has 1 saturated carbocycles. The van der Waals surface area contributed by atoms with Crippen LogP contribution in [0.15, 0.2) is 69.9 Å². The predicted molar refractivity (Wildman–Crippen MR) is 112 cm³/mol. The summed E-state index contributed by atoms with van der Waals surface area (Å²) in [5.41, 5.74) is 2.05. The van der Waals surface area contributed by atoms with E-state index >= 15 is 0 Å². The Kier molecular flexibility index (Phi) is 6.02. The summed E-state index contributed by atoms with van der Waals surface area (Å²) in [6.07, 6.45) is 7.11. The maximum absolute atomic E-state index is 13.4. The Labute approximate surface area is 175 Å². The molecule has 1 aliphatic rings. The van der Waals surface area contributed by atoms with Crippen LogP contribution in [0.25, 0.3) is 0 Å². The van der Waals surface area contributed by atoms with Gasteiger partial charge >= 0.3 is 0 Å². The number of furan rings is 2. The summed E-state index contributed by atoms with van der Waals surface area (Å²) in [6.45, 7) is 2.26. The molecule has 3 aromatic rings. The van der Waals surface area contributed by atoms with Gasteiger partial charge in [-0.25, -0.2) is 0 Å². The zero-order valence-corrected chi connectivity index (χ0v) is 17.0. The molecule has 1 aliphatic carbocycles. The number of aryl methyl sites for hydroxylation is 1. The van der Waals surface area contributed by atoms with Crippen molar-refractivity contribution < 1.29 is 18.4 Å². The largest absolute Gasteiger partial charge is 0.467 e. The first kappa shape index (κ1) is 20.0. The second-order valence-corrected chi connectivity index (χ2v) is 7.80. The first-order valence-electron chi connectivity index (χ1n) is 10.4. The van der Waals surface area contributed by atoms with Crippen molar-refractivity contribution in [2.45, 2.75) is 51.2 Å². The molecule has 2 heterocycles. The number of nitrogens with zero attached hydrogens (tertiary/aromatic N) is 1. The first-order chi connectivity index (χ1) is 14.6. The third-order valence-electron chi connectivity index (χ3n) is 5.54. The Morgan fingerprint density at radius 1 is 1.03 bits per heavy atom. The van der Waals surface area contributed by atoms with E-state index in [-0.39, 0.29) is 30.2 Å². The van der Waals surface area contributed by atoms with Gasteiger partial charge < -0.3 is 19.1 Å². The molecule has 0 aliphatic heterocycles. The molecule has 0 radical (unpaired) electrons. The van der Waals surface area contributed by atoms with Gasteiger partial charge in [-0.3, -0.25) is 9.59 Å². The second kappa shape index (κ2) is 9.03. The lowest BCUT2D eigenvalue weighted by Gasteiger charge is -2.30. The molecule has 0 unspecified atom stereocenters. The van der Waals surface area contributed by atoms with Gasteiger partial charge in [-0.15, -0.1) is 0 Å². The number of nitrogens with one attached hydrogen (secondary N) is 1. The highest BCUT2D eigenvalue weighted by Gasteiger charge is 2.36. The molecular formula is C24H26N2O4. The molecule has 6 nitrogen and oxygen atoms in total. The van der Waals surface area contributed by atoms with Gasteiger partial charge in [0.2, 0.25) is 0 Å². The average Bonchev–Trinajstić information content (AvgIpc) is 3.52. The third-order valence-corrected chi connectivity index (χ3v) is 5.54. The first-order valence-corrected chi connectivity index (χ1v) is 10.4. The average molecular weight is 406 g/mol. The van der Waals surface area contributed by atoms with E-state index in [1.54, 1.807) is 24.3 Å². The van der Waals surface area contributed by atoms with Crippen LogP contribution in [0, 0.1) is 6.92 Å². The van der Waals surface area contributed by atoms with E-state index in [1.165, 1.54) is 17.4 Å². The predicted octanol–water partition coefficient (Wildman–Crippen LogP) is 4.62. The van der Waals surface area contributed by atoms with Crippen LogP contribution < -0.4 is 5.32 Å². The monoisotopic (exact) mass is 406 g/mol. The normalized spacial score (nSPS) is 15.1. The fraction of sp³-hybridized carbons (Fsp3) is 0.333. The minimum absolute atomic E-state index is 0.134. The summed E-state index contributed by atoms with van der Waals surface area (Å²) in [5, 5.41) is 3.12. The summed E-state index contributed by atoms with van der Waals surface area (Å²) in [7, 11) is 0. The highest BCUT2D eigenvalue weighted by atomic mass is 16.3. The van der Waals surface area contributed by atoms with Crippen molar-refractivity contribution in [2.24, 2.45) is 0 Å². The van der Waals surface area contributed by atoms with Gasteiger partial charge in [0, 0.05) is 12.6 Å². The summed E-state index contributed by atoms with van der Waals surface area (Å²) in [5.74, 6) is 0.0252. The maximum Gasteiger partial charge on any atom is 0.290 e. The Morgan fingerprint density at radius 3 is 2.37 bits per heavy atom. The zero-order chi connectivity index (χ0) is 20.9. The fourth-order valence-electron chi connectivity index (χ4n) is 3.93. The number of carbonyl (C=O) groups is 2. The summed E-state index contributed by atoms with van der Waals surface area (Å²) in [4.78, 5) is 28.2. The van der Waals surface area contributed by atoms with Gasteiger partial charge in [0.25, 0.3) is 11.8 Å². The van der Waals surface area contributed by atoms with Crippen LogP contribution in [0.2, 0.25) is 0 Å². The van der Waals surface area contributed by atoms with E-state index < -0.39 is 6.04 Å². The number of benzene rings is 1. The standard InChI is InChI=1S/C24H26N2O4/c1-17-10-12-18(13-11-17)16-26(24(28)21-9-5-15-30-21)22(20-8-4-14-29-20)23(27)25-19-6-2-3-7-19/h4-5,8-15,19,22H,2-3,6-7,16H2,1H3,(H,25,27)/t22-/m0/s1. The minimum Gasteiger partial charge on any atom is -0.467 e. The van der Waals surface area contributed by atoms with Gasteiger partial charge in [0.1, 0.15) is 5.76 Å². The van der Waals surface area contributed by atoms with Gasteiger partial charge in [0.15, 0.2) is 11.8 Å². The lowest BCUT2D eigenvalue weighted by atomic mass is 10.1. The molecule has 2 aromatic heterocycles. The molecule has 6 heteroatoms. The van der Waals surface area contributed by atoms with Crippen molar-refractivity contribution in [3.8, 4) is 0 Å². The van der Waals surface area contributed by atoms with E-state index in [9.17, 15) is 9.59 Å². The Morgan fingerprint density at radius 2 is 1.73 bits per heavy atom. The van der Waals surface area contributed by atoms with Crippen LogP contribution in [0.5, 0.6) is 0 Å². The quantitative estimate of drug-likeness (QED) is 0.621. The molecule has 0 saturated heterocycles. The van der Waals surface area contributed by atoms with E-state index in [0.29, 0.717) is 5.76 Å². The van der Waals surface area contributed by atoms with Crippen LogP contribution in [0.1, 0.15) is 59.2 Å². The Bertz CT molecular complexity index is 955. The molecule has 0 spiro atoms. The highest BCUT2D eigenvalue weighted by Crippen LogP contribution is 2.28. The summed E-state index contributed by atoms with van der Waals surface area (Å²) >= 11 is 0. The number of carbonyl (C=O) groups excluding carboxylic acids is 2. The molecule has 1 atom stereocenters. The van der Waals surface area contributed by atoms with Gasteiger partial charge in [-0.1, -0.05) is 42.7 Å². The molecule has 156 valence electrons. The molecule has 2 amide bonds.